The maximum Gasteiger partial charge on any atom is 0.305 e. The van der Waals surface area contributed by atoms with E-state index in [-0.39, 0.29) is 6.42 Å². The van der Waals surface area contributed by atoms with E-state index in [4.69, 9.17) is 18.9 Å². The average molecular weight is 468 g/mol. The molecular weight excluding hydrogens is 432 g/mol. The Morgan fingerprint density at radius 3 is 2.19 bits per heavy atom. The van der Waals surface area contributed by atoms with Crippen molar-refractivity contribution in [1.82, 2.24) is 0 Å². The Hall–Kier alpha value is -0.930. The first-order valence-electron chi connectivity index (χ1n) is 11.0. The SMILES string of the molecule is CCCCCCCC(=O)OC[C@H]1O[C@H](O[C@]2(CO)O[C@H](CO)[C@@H](O)[C@@H]2O)[C@H](O)[C@@H](O)[C@@H]1O. The number of rotatable bonds is 12. The minimum absolute atomic E-state index is 0.186. The van der Waals surface area contributed by atoms with Gasteiger partial charge in [0.05, 0.1) is 6.61 Å². The molecule has 2 aliphatic rings. The Kier molecular flexibility index (Phi) is 10.7. The van der Waals surface area contributed by atoms with Crippen LogP contribution in [0.5, 0.6) is 0 Å². The Morgan fingerprint density at radius 2 is 1.59 bits per heavy atom. The smallest absolute Gasteiger partial charge is 0.305 e. The molecule has 2 saturated heterocycles. The molecule has 0 spiro atoms. The lowest BCUT2D eigenvalue weighted by molar-refractivity contribution is -0.383. The zero-order valence-electron chi connectivity index (χ0n) is 18.2. The van der Waals surface area contributed by atoms with E-state index in [0.717, 1.165) is 25.7 Å². The Bertz CT molecular complexity index is 577. The van der Waals surface area contributed by atoms with Crippen LogP contribution in [0.15, 0.2) is 0 Å². The number of aliphatic hydroxyl groups is 7. The predicted molar refractivity (Wildman–Crippen MR) is 106 cm³/mol. The van der Waals surface area contributed by atoms with Gasteiger partial charge in [0, 0.05) is 6.42 Å². The van der Waals surface area contributed by atoms with Crippen LogP contribution in [0, 0.1) is 0 Å². The van der Waals surface area contributed by atoms with Gasteiger partial charge in [-0.3, -0.25) is 4.79 Å². The van der Waals surface area contributed by atoms with Crippen LogP contribution in [-0.2, 0) is 23.7 Å². The summed E-state index contributed by atoms with van der Waals surface area (Å²) in [6.07, 6.45) is -7.98. The fourth-order valence-corrected chi connectivity index (χ4v) is 3.74. The van der Waals surface area contributed by atoms with Gasteiger partial charge in [0.15, 0.2) is 6.29 Å². The fraction of sp³-hybridized carbons (Fsp3) is 0.950. The van der Waals surface area contributed by atoms with Crippen LogP contribution >= 0.6 is 0 Å². The zero-order valence-corrected chi connectivity index (χ0v) is 18.2. The Morgan fingerprint density at radius 1 is 0.906 bits per heavy atom. The third kappa shape index (κ3) is 6.35. The van der Waals surface area contributed by atoms with Crippen LogP contribution < -0.4 is 0 Å². The highest BCUT2D eigenvalue weighted by molar-refractivity contribution is 5.69. The van der Waals surface area contributed by atoms with Crippen LogP contribution in [0.3, 0.4) is 0 Å². The lowest BCUT2D eigenvalue weighted by atomic mass is 9.99. The fourth-order valence-electron chi connectivity index (χ4n) is 3.74. The average Bonchev–Trinajstić information content (AvgIpc) is 3.03. The zero-order chi connectivity index (χ0) is 23.9. The van der Waals surface area contributed by atoms with E-state index >= 15 is 0 Å². The molecule has 2 fully saturated rings. The van der Waals surface area contributed by atoms with Crippen molar-refractivity contribution < 1.29 is 59.5 Å². The standard InChI is InChI=1S/C20H36O12/c1-2-3-4-5-6-7-13(23)29-9-12-14(24)16(26)17(27)19(30-12)32-20(10-22)18(28)15(25)11(8-21)31-20/h11-12,14-19,21-22,24-28H,2-10H2,1H3/t11-,12-,14-,15-,16+,17-,18+,19-,20+/m1/s1. The van der Waals surface area contributed by atoms with Crippen molar-refractivity contribution in [1.29, 1.82) is 0 Å². The minimum atomic E-state index is -2.26. The monoisotopic (exact) mass is 468 g/mol. The number of unbranched alkanes of at least 4 members (excludes halogenated alkanes) is 4. The summed E-state index contributed by atoms with van der Waals surface area (Å²) >= 11 is 0. The molecule has 0 aliphatic carbocycles. The molecule has 2 heterocycles. The van der Waals surface area contributed by atoms with Gasteiger partial charge in [-0.25, -0.2) is 0 Å². The quantitative estimate of drug-likeness (QED) is 0.118. The number of hydrogen-bond donors (Lipinski definition) is 7. The van der Waals surface area contributed by atoms with Crippen LogP contribution in [0.2, 0.25) is 0 Å². The molecule has 2 rings (SSSR count). The van der Waals surface area contributed by atoms with E-state index in [0.29, 0.717) is 6.42 Å². The number of hydrogen-bond acceptors (Lipinski definition) is 12. The minimum Gasteiger partial charge on any atom is -0.463 e. The van der Waals surface area contributed by atoms with Crippen molar-refractivity contribution in [2.75, 3.05) is 19.8 Å². The summed E-state index contributed by atoms with van der Waals surface area (Å²) in [5.41, 5.74) is 0. The van der Waals surface area contributed by atoms with E-state index in [1.54, 1.807) is 0 Å². The molecule has 0 amide bonds. The second-order valence-electron chi connectivity index (χ2n) is 8.22. The predicted octanol–water partition coefficient (Wildman–Crippen LogP) is -2.48. The maximum atomic E-state index is 11.9. The summed E-state index contributed by atoms with van der Waals surface area (Å²) in [7, 11) is 0. The Labute approximate surface area is 186 Å². The maximum absolute atomic E-state index is 11.9. The normalized spacial score (nSPS) is 39.9. The number of carbonyl (C=O) groups is 1. The third-order valence-corrected chi connectivity index (χ3v) is 5.78. The first-order chi connectivity index (χ1) is 15.2. The van der Waals surface area contributed by atoms with Gasteiger partial charge in [-0.05, 0) is 6.42 Å². The summed E-state index contributed by atoms with van der Waals surface area (Å²) in [6.45, 7) is -0.0163. The van der Waals surface area contributed by atoms with Gasteiger partial charge in [0.1, 0.15) is 55.9 Å². The molecule has 7 N–H and O–H groups in total. The second kappa shape index (κ2) is 12.5. The molecule has 0 radical (unpaired) electrons. The molecule has 0 aromatic rings. The van der Waals surface area contributed by atoms with Crippen molar-refractivity contribution >= 4 is 5.97 Å². The van der Waals surface area contributed by atoms with Crippen molar-refractivity contribution in [2.24, 2.45) is 0 Å². The lowest BCUT2D eigenvalue weighted by Crippen LogP contribution is -2.62. The van der Waals surface area contributed by atoms with E-state index in [9.17, 15) is 40.5 Å². The highest BCUT2D eigenvalue weighted by Gasteiger charge is 2.58. The van der Waals surface area contributed by atoms with Gasteiger partial charge in [-0.2, -0.15) is 0 Å². The number of aliphatic hydroxyl groups excluding tert-OH is 7. The van der Waals surface area contributed by atoms with Gasteiger partial charge in [0.25, 0.3) is 0 Å². The highest BCUT2D eigenvalue weighted by atomic mass is 16.8. The molecular formula is C20H36O12. The molecule has 0 unspecified atom stereocenters. The van der Waals surface area contributed by atoms with Crippen LogP contribution in [0.1, 0.15) is 45.4 Å². The number of esters is 1. The van der Waals surface area contributed by atoms with Crippen LogP contribution in [0.25, 0.3) is 0 Å². The molecule has 12 nitrogen and oxygen atoms in total. The second-order valence-corrected chi connectivity index (χ2v) is 8.22. The Balaban J connectivity index is 1.96. The molecule has 9 atom stereocenters. The van der Waals surface area contributed by atoms with Crippen molar-refractivity contribution in [3.05, 3.63) is 0 Å². The molecule has 32 heavy (non-hydrogen) atoms. The topological polar surface area (TPSA) is 196 Å². The van der Waals surface area contributed by atoms with Gasteiger partial charge in [-0.15, -0.1) is 0 Å². The summed E-state index contributed by atoms with van der Waals surface area (Å²) in [5, 5.41) is 69.7. The molecule has 0 aromatic heterocycles. The third-order valence-electron chi connectivity index (χ3n) is 5.78. The van der Waals surface area contributed by atoms with E-state index in [1.807, 2.05) is 0 Å². The molecule has 0 aromatic carbocycles. The van der Waals surface area contributed by atoms with Gasteiger partial charge < -0.3 is 54.7 Å². The lowest BCUT2D eigenvalue weighted by Gasteiger charge is -2.43. The number of carbonyl (C=O) groups excluding carboxylic acids is 1. The number of ether oxygens (including phenoxy) is 4. The van der Waals surface area contributed by atoms with Crippen LogP contribution in [0.4, 0.5) is 0 Å². The van der Waals surface area contributed by atoms with Gasteiger partial charge >= 0.3 is 5.97 Å². The molecule has 0 bridgehead atoms. The highest BCUT2D eigenvalue weighted by Crippen LogP contribution is 2.36. The van der Waals surface area contributed by atoms with Crippen molar-refractivity contribution in [2.45, 2.75) is 100 Å². The first kappa shape index (κ1) is 27.3. The molecule has 0 saturated carbocycles. The largest absolute Gasteiger partial charge is 0.463 e. The molecule has 188 valence electrons. The van der Waals surface area contributed by atoms with Gasteiger partial charge in [-0.1, -0.05) is 32.6 Å². The molecule has 2 aliphatic heterocycles. The summed E-state index contributed by atoms with van der Waals surface area (Å²) in [4.78, 5) is 11.9. The molecule has 12 heteroatoms. The summed E-state index contributed by atoms with van der Waals surface area (Å²) in [5.74, 6) is -2.77. The first-order valence-corrected chi connectivity index (χ1v) is 11.0. The van der Waals surface area contributed by atoms with E-state index in [1.165, 1.54) is 0 Å². The van der Waals surface area contributed by atoms with E-state index in [2.05, 4.69) is 6.92 Å². The summed E-state index contributed by atoms with van der Waals surface area (Å²) in [6, 6.07) is 0. The van der Waals surface area contributed by atoms with Gasteiger partial charge in [0.2, 0.25) is 5.79 Å². The van der Waals surface area contributed by atoms with Crippen LogP contribution in [-0.4, -0.2) is 116 Å². The summed E-state index contributed by atoms with van der Waals surface area (Å²) < 4.78 is 21.2. The van der Waals surface area contributed by atoms with Crippen molar-refractivity contribution in [3.8, 4) is 0 Å². The van der Waals surface area contributed by atoms with Crippen molar-refractivity contribution in [3.63, 3.8) is 0 Å². The van der Waals surface area contributed by atoms with E-state index < -0.39 is 80.6 Å².